The minimum Gasteiger partial charge on any atom is -0.496 e. The summed E-state index contributed by atoms with van der Waals surface area (Å²) in [6.07, 6.45) is 2.21. The molecule has 2 N–H and O–H groups in total. The van der Waals surface area contributed by atoms with Crippen molar-refractivity contribution in [3.63, 3.8) is 0 Å². The monoisotopic (exact) mass is 511 g/mol. The zero-order chi connectivity index (χ0) is 27.3. The van der Waals surface area contributed by atoms with Crippen LogP contribution in [-0.2, 0) is 27.9 Å². The molecule has 0 spiro atoms. The van der Waals surface area contributed by atoms with Crippen molar-refractivity contribution in [3.8, 4) is 22.6 Å². The van der Waals surface area contributed by atoms with E-state index in [0.29, 0.717) is 35.8 Å². The van der Waals surface area contributed by atoms with Gasteiger partial charge in [-0.25, -0.2) is 9.59 Å². The standard InChI is InChI=1S/C27H33N3O7/c1-8-36-15-16-11-21(34-6)23(22(12-16)35-7)18-10-9-17(24-19(18)14-28-30(24)5)13-20(25(31)32)29-26(33)37-27(2,3)4/h9-14H,8,15H2,1-7H3,(H,29,33)(H,31,32)/b20-13-. The summed E-state index contributed by atoms with van der Waals surface area (Å²) in [6, 6.07) is 7.39. The first-order valence-electron chi connectivity index (χ1n) is 11.7. The number of hydrogen-bond acceptors (Lipinski definition) is 7. The van der Waals surface area contributed by atoms with Gasteiger partial charge in [0.15, 0.2) is 0 Å². The number of ether oxygens (including phenoxy) is 4. The number of aromatic nitrogens is 2. The summed E-state index contributed by atoms with van der Waals surface area (Å²) in [5.74, 6) is -0.112. The third-order valence-corrected chi connectivity index (χ3v) is 5.41. The van der Waals surface area contributed by atoms with E-state index in [1.165, 1.54) is 6.08 Å². The zero-order valence-electron chi connectivity index (χ0n) is 22.2. The minimum atomic E-state index is -1.31. The predicted octanol–water partition coefficient (Wildman–Crippen LogP) is 4.74. The van der Waals surface area contributed by atoms with Crippen molar-refractivity contribution in [2.24, 2.45) is 7.05 Å². The van der Waals surface area contributed by atoms with Crippen molar-refractivity contribution in [2.75, 3.05) is 20.8 Å². The molecule has 0 saturated carbocycles. The molecule has 10 nitrogen and oxygen atoms in total. The lowest BCUT2D eigenvalue weighted by atomic mass is 9.96. The van der Waals surface area contributed by atoms with Crippen LogP contribution in [0.25, 0.3) is 28.1 Å². The molecule has 1 amide bonds. The Morgan fingerprint density at radius 2 is 1.78 bits per heavy atom. The lowest BCUT2D eigenvalue weighted by Crippen LogP contribution is -2.34. The maximum absolute atomic E-state index is 12.2. The predicted molar refractivity (Wildman–Crippen MR) is 140 cm³/mol. The molecule has 0 aliphatic rings. The van der Waals surface area contributed by atoms with Crippen LogP contribution in [-0.4, -0.2) is 53.4 Å². The Hall–Kier alpha value is -4.05. The lowest BCUT2D eigenvalue weighted by molar-refractivity contribution is -0.133. The van der Waals surface area contributed by atoms with Gasteiger partial charge in [-0.3, -0.25) is 10.00 Å². The van der Waals surface area contributed by atoms with Crippen LogP contribution in [0.2, 0.25) is 0 Å². The van der Waals surface area contributed by atoms with Gasteiger partial charge in [0.05, 0.1) is 38.1 Å². The normalized spacial score (nSPS) is 11.9. The van der Waals surface area contributed by atoms with Crippen LogP contribution >= 0.6 is 0 Å². The third-order valence-electron chi connectivity index (χ3n) is 5.41. The van der Waals surface area contributed by atoms with E-state index in [4.69, 9.17) is 18.9 Å². The zero-order valence-corrected chi connectivity index (χ0v) is 22.2. The second-order valence-corrected chi connectivity index (χ2v) is 9.24. The fourth-order valence-electron chi connectivity index (χ4n) is 3.91. The van der Waals surface area contributed by atoms with E-state index in [1.54, 1.807) is 59.0 Å². The topological polar surface area (TPSA) is 121 Å². The number of nitrogens with one attached hydrogen (secondary N) is 1. The molecule has 0 unspecified atom stereocenters. The van der Waals surface area contributed by atoms with Crippen molar-refractivity contribution in [2.45, 2.75) is 39.9 Å². The van der Waals surface area contributed by atoms with Crippen LogP contribution in [0.3, 0.4) is 0 Å². The molecule has 0 atom stereocenters. The highest BCUT2D eigenvalue weighted by atomic mass is 16.6. The van der Waals surface area contributed by atoms with Crippen molar-refractivity contribution >= 4 is 29.0 Å². The van der Waals surface area contributed by atoms with Crippen LogP contribution in [0.4, 0.5) is 4.79 Å². The number of nitrogens with zero attached hydrogens (tertiary/aromatic N) is 2. The van der Waals surface area contributed by atoms with Crippen LogP contribution in [0, 0.1) is 0 Å². The number of aryl methyl sites for hydroxylation is 1. The smallest absolute Gasteiger partial charge is 0.412 e. The molecular formula is C27H33N3O7. The van der Waals surface area contributed by atoms with Gasteiger partial charge in [-0.05, 0) is 51.5 Å². The van der Waals surface area contributed by atoms with Crippen molar-refractivity contribution in [1.82, 2.24) is 15.1 Å². The molecule has 1 heterocycles. The van der Waals surface area contributed by atoms with E-state index in [1.807, 2.05) is 25.1 Å². The number of fused-ring (bicyclic) bond motifs is 1. The van der Waals surface area contributed by atoms with Gasteiger partial charge in [0.1, 0.15) is 22.8 Å². The van der Waals surface area contributed by atoms with Crippen LogP contribution in [0.1, 0.15) is 38.8 Å². The Bertz CT molecular complexity index is 1310. The van der Waals surface area contributed by atoms with Crippen molar-refractivity contribution < 1.29 is 33.6 Å². The molecule has 10 heteroatoms. The van der Waals surface area contributed by atoms with E-state index in [0.717, 1.165) is 22.1 Å². The maximum atomic E-state index is 12.2. The van der Waals surface area contributed by atoms with Gasteiger partial charge >= 0.3 is 12.1 Å². The Labute approximate surface area is 215 Å². The van der Waals surface area contributed by atoms with E-state index < -0.39 is 17.7 Å². The fraction of sp³-hybridized carbons (Fsp3) is 0.370. The number of aliphatic carboxylic acids is 1. The Morgan fingerprint density at radius 1 is 1.14 bits per heavy atom. The molecule has 0 bridgehead atoms. The van der Waals surface area contributed by atoms with Gasteiger partial charge in [0.25, 0.3) is 0 Å². The molecule has 0 radical (unpaired) electrons. The number of alkyl carbamates (subject to hydrolysis) is 1. The van der Waals surface area contributed by atoms with Gasteiger partial charge < -0.3 is 24.1 Å². The first-order chi connectivity index (χ1) is 17.5. The van der Waals surface area contributed by atoms with Gasteiger partial charge in [0.2, 0.25) is 0 Å². The molecule has 198 valence electrons. The van der Waals surface area contributed by atoms with E-state index in [-0.39, 0.29) is 5.70 Å². The number of carbonyl (C=O) groups is 2. The molecule has 0 saturated heterocycles. The summed E-state index contributed by atoms with van der Waals surface area (Å²) in [5.41, 5.74) is 2.50. The number of hydrogen-bond donors (Lipinski definition) is 2. The quantitative estimate of drug-likeness (QED) is 0.395. The number of carboxylic acids is 1. The molecular weight excluding hydrogens is 478 g/mol. The number of benzene rings is 2. The first-order valence-corrected chi connectivity index (χ1v) is 11.7. The summed E-state index contributed by atoms with van der Waals surface area (Å²) >= 11 is 0. The van der Waals surface area contributed by atoms with E-state index >= 15 is 0 Å². The van der Waals surface area contributed by atoms with Crippen molar-refractivity contribution in [3.05, 3.63) is 47.3 Å². The van der Waals surface area contributed by atoms with Crippen LogP contribution < -0.4 is 14.8 Å². The first kappa shape index (κ1) is 27.5. The summed E-state index contributed by atoms with van der Waals surface area (Å²) in [5, 5.41) is 17.2. The summed E-state index contributed by atoms with van der Waals surface area (Å²) < 4.78 is 23.8. The number of carboxylic acid groups (broad SMARTS) is 1. The Morgan fingerprint density at radius 3 is 2.32 bits per heavy atom. The Kier molecular flexibility index (Phi) is 8.44. The number of methoxy groups -OCH3 is 2. The van der Waals surface area contributed by atoms with E-state index in [2.05, 4.69) is 10.4 Å². The summed E-state index contributed by atoms with van der Waals surface area (Å²) in [7, 11) is 4.92. The highest BCUT2D eigenvalue weighted by molar-refractivity contribution is 6.04. The molecule has 2 aromatic carbocycles. The SMILES string of the molecule is CCOCc1cc(OC)c(-c2ccc(/C=C(\NC(=O)OC(C)(C)C)C(=O)O)c3c2cnn3C)c(OC)c1. The van der Waals surface area contributed by atoms with E-state index in [9.17, 15) is 14.7 Å². The number of rotatable bonds is 9. The lowest BCUT2D eigenvalue weighted by Gasteiger charge is -2.20. The highest BCUT2D eigenvalue weighted by Crippen LogP contribution is 2.43. The highest BCUT2D eigenvalue weighted by Gasteiger charge is 2.22. The summed E-state index contributed by atoms with van der Waals surface area (Å²) in [4.78, 5) is 24.1. The van der Waals surface area contributed by atoms with Gasteiger partial charge in [-0.15, -0.1) is 0 Å². The molecule has 0 aliphatic carbocycles. The maximum Gasteiger partial charge on any atom is 0.412 e. The average molecular weight is 512 g/mol. The van der Waals surface area contributed by atoms with Crippen LogP contribution in [0.5, 0.6) is 11.5 Å². The minimum absolute atomic E-state index is 0.333. The fourth-order valence-corrected chi connectivity index (χ4v) is 3.91. The van der Waals surface area contributed by atoms with Gasteiger partial charge in [-0.1, -0.05) is 12.1 Å². The molecule has 3 aromatic rings. The second kappa shape index (κ2) is 11.3. The molecule has 37 heavy (non-hydrogen) atoms. The number of amides is 1. The second-order valence-electron chi connectivity index (χ2n) is 9.24. The summed E-state index contributed by atoms with van der Waals surface area (Å²) in [6.45, 7) is 8.01. The number of carbonyl (C=O) groups excluding carboxylic acids is 1. The molecule has 0 fully saturated rings. The largest absolute Gasteiger partial charge is 0.496 e. The third kappa shape index (κ3) is 6.39. The van der Waals surface area contributed by atoms with Gasteiger partial charge in [-0.2, -0.15) is 5.10 Å². The van der Waals surface area contributed by atoms with Crippen LogP contribution in [0.15, 0.2) is 36.2 Å². The molecule has 3 rings (SSSR count). The van der Waals surface area contributed by atoms with Crippen molar-refractivity contribution in [1.29, 1.82) is 0 Å². The Balaban J connectivity index is 2.15. The van der Waals surface area contributed by atoms with Gasteiger partial charge in [0, 0.05) is 30.2 Å². The molecule has 0 aliphatic heterocycles. The molecule has 1 aromatic heterocycles. The average Bonchev–Trinajstić information content (AvgIpc) is 3.22.